The molecule has 104 valence electrons. The first-order valence-electron chi connectivity index (χ1n) is 6.00. The van der Waals surface area contributed by atoms with E-state index in [1.807, 2.05) is 13.8 Å². The van der Waals surface area contributed by atoms with Gasteiger partial charge in [0.15, 0.2) is 0 Å². The van der Waals surface area contributed by atoms with Gasteiger partial charge >= 0.3 is 0 Å². The van der Waals surface area contributed by atoms with Crippen molar-refractivity contribution in [2.75, 3.05) is 11.3 Å². The second-order valence-corrected chi connectivity index (χ2v) is 6.93. The molecule has 3 N–H and O–H groups in total. The van der Waals surface area contributed by atoms with Crippen LogP contribution in [-0.4, -0.2) is 36.5 Å². The molecule has 0 aromatic carbocycles. The third-order valence-corrected chi connectivity index (χ3v) is 4.43. The zero-order valence-corrected chi connectivity index (χ0v) is 12.4. The van der Waals surface area contributed by atoms with Crippen molar-refractivity contribution in [3.63, 3.8) is 0 Å². The van der Waals surface area contributed by atoms with E-state index in [1.165, 1.54) is 0 Å². The molecule has 0 saturated carbocycles. The molecule has 1 rings (SSSR count). The van der Waals surface area contributed by atoms with Gasteiger partial charge in [-0.15, -0.1) is 0 Å². The number of hydrogen-bond donors (Lipinski definition) is 3. The fraction of sp³-hybridized carbons (Fsp3) is 0.727. The predicted molar refractivity (Wildman–Crippen MR) is 73.2 cm³/mol. The Morgan fingerprint density at radius 1 is 1.28 bits per heavy atom. The maximum absolute atomic E-state index is 12.1. The van der Waals surface area contributed by atoms with Crippen LogP contribution < -0.4 is 10.0 Å². The number of H-pyrrole nitrogens is 1. The lowest BCUT2D eigenvalue weighted by atomic mass is 10.3. The summed E-state index contributed by atoms with van der Waals surface area (Å²) in [4.78, 5) is 0. The SMILES string of the molecule is Cc1n[nH]c(C)c1NS(=O)(=O)C(C)CNC(C)C. The van der Waals surface area contributed by atoms with Gasteiger partial charge in [0.2, 0.25) is 10.0 Å². The van der Waals surface area contributed by atoms with Crippen LogP contribution in [0, 0.1) is 13.8 Å². The van der Waals surface area contributed by atoms with Gasteiger partial charge in [-0.2, -0.15) is 5.10 Å². The van der Waals surface area contributed by atoms with Crippen molar-refractivity contribution in [1.29, 1.82) is 0 Å². The van der Waals surface area contributed by atoms with Crippen molar-refractivity contribution < 1.29 is 8.42 Å². The first kappa shape index (κ1) is 15.0. The Labute approximate surface area is 109 Å². The highest BCUT2D eigenvalue weighted by atomic mass is 32.2. The second-order valence-electron chi connectivity index (χ2n) is 4.83. The molecule has 0 saturated heterocycles. The van der Waals surface area contributed by atoms with E-state index in [-0.39, 0.29) is 6.04 Å². The molecule has 1 heterocycles. The van der Waals surface area contributed by atoms with Crippen LogP contribution in [-0.2, 0) is 10.0 Å². The molecule has 0 radical (unpaired) electrons. The van der Waals surface area contributed by atoms with Crippen LogP contribution in [0.25, 0.3) is 0 Å². The van der Waals surface area contributed by atoms with Crippen LogP contribution >= 0.6 is 0 Å². The quantitative estimate of drug-likeness (QED) is 0.726. The number of rotatable bonds is 6. The fourth-order valence-electron chi connectivity index (χ4n) is 1.46. The minimum Gasteiger partial charge on any atom is -0.313 e. The first-order valence-corrected chi connectivity index (χ1v) is 7.55. The van der Waals surface area contributed by atoms with Crippen molar-refractivity contribution in [2.45, 2.75) is 45.9 Å². The molecule has 0 aliphatic heterocycles. The third kappa shape index (κ3) is 3.71. The third-order valence-electron chi connectivity index (χ3n) is 2.72. The summed E-state index contributed by atoms with van der Waals surface area (Å²) >= 11 is 0. The van der Waals surface area contributed by atoms with E-state index in [4.69, 9.17) is 0 Å². The van der Waals surface area contributed by atoms with Crippen LogP contribution in [0.2, 0.25) is 0 Å². The molecule has 6 nitrogen and oxygen atoms in total. The Morgan fingerprint density at radius 3 is 2.33 bits per heavy atom. The molecule has 18 heavy (non-hydrogen) atoms. The van der Waals surface area contributed by atoms with Gasteiger partial charge in [0.25, 0.3) is 0 Å². The minimum atomic E-state index is -3.40. The summed E-state index contributed by atoms with van der Waals surface area (Å²) in [5, 5.41) is 9.33. The molecule has 1 aromatic rings. The maximum Gasteiger partial charge on any atom is 0.236 e. The van der Waals surface area contributed by atoms with Gasteiger partial charge in [-0.25, -0.2) is 8.42 Å². The van der Waals surface area contributed by atoms with E-state index in [0.717, 1.165) is 5.69 Å². The number of nitrogens with zero attached hydrogens (tertiary/aromatic N) is 1. The Hall–Kier alpha value is -1.08. The summed E-state index contributed by atoms with van der Waals surface area (Å²) < 4.78 is 26.8. The van der Waals surface area contributed by atoms with Crippen LogP contribution in [0.15, 0.2) is 0 Å². The molecular formula is C11H22N4O2S. The highest BCUT2D eigenvalue weighted by Crippen LogP contribution is 2.19. The van der Waals surface area contributed by atoms with Crippen molar-refractivity contribution in [3.05, 3.63) is 11.4 Å². The van der Waals surface area contributed by atoms with Gasteiger partial charge in [0.1, 0.15) is 0 Å². The molecule has 0 aliphatic rings. The summed E-state index contributed by atoms with van der Waals surface area (Å²) in [5.74, 6) is 0. The van der Waals surface area contributed by atoms with Crippen LogP contribution in [0.1, 0.15) is 32.2 Å². The predicted octanol–water partition coefficient (Wildman–Crippen LogP) is 1.15. The topological polar surface area (TPSA) is 86.9 Å². The molecule has 0 fully saturated rings. The number of hydrogen-bond acceptors (Lipinski definition) is 4. The zero-order valence-electron chi connectivity index (χ0n) is 11.5. The van der Waals surface area contributed by atoms with E-state index < -0.39 is 15.3 Å². The highest BCUT2D eigenvalue weighted by Gasteiger charge is 2.22. The monoisotopic (exact) mass is 274 g/mol. The van der Waals surface area contributed by atoms with E-state index in [9.17, 15) is 8.42 Å². The summed E-state index contributed by atoms with van der Waals surface area (Å²) in [7, 11) is -3.40. The zero-order chi connectivity index (χ0) is 13.9. The maximum atomic E-state index is 12.1. The van der Waals surface area contributed by atoms with Crippen molar-refractivity contribution >= 4 is 15.7 Å². The Bertz CT molecular complexity index is 474. The van der Waals surface area contributed by atoms with E-state index in [1.54, 1.807) is 20.8 Å². The Balaban J connectivity index is 2.76. The van der Waals surface area contributed by atoms with Crippen LogP contribution in [0.3, 0.4) is 0 Å². The molecule has 7 heteroatoms. The molecule has 1 unspecified atom stereocenters. The summed E-state index contributed by atoms with van der Waals surface area (Å²) in [6.45, 7) is 9.62. The first-order chi connectivity index (χ1) is 8.24. The van der Waals surface area contributed by atoms with Crippen molar-refractivity contribution in [1.82, 2.24) is 15.5 Å². The van der Waals surface area contributed by atoms with Gasteiger partial charge in [-0.05, 0) is 20.8 Å². The lowest BCUT2D eigenvalue weighted by Gasteiger charge is -2.17. The molecule has 1 atom stereocenters. The number of nitrogens with one attached hydrogen (secondary N) is 3. The lowest BCUT2D eigenvalue weighted by molar-refractivity contribution is 0.553. The van der Waals surface area contributed by atoms with Crippen LogP contribution in [0.4, 0.5) is 5.69 Å². The van der Waals surface area contributed by atoms with Crippen LogP contribution in [0.5, 0.6) is 0 Å². The fourth-order valence-corrected chi connectivity index (χ4v) is 2.56. The molecule has 0 spiro atoms. The normalized spacial score (nSPS) is 13.9. The molecule has 0 aliphatic carbocycles. The average molecular weight is 274 g/mol. The van der Waals surface area contributed by atoms with Gasteiger partial charge < -0.3 is 5.32 Å². The van der Waals surface area contributed by atoms with E-state index >= 15 is 0 Å². The Morgan fingerprint density at radius 2 is 1.89 bits per heavy atom. The largest absolute Gasteiger partial charge is 0.313 e. The van der Waals surface area contributed by atoms with Gasteiger partial charge in [-0.3, -0.25) is 9.82 Å². The minimum absolute atomic E-state index is 0.264. The summed E-state index contributed by atoms with van der Waals surface area (Å²) in [6, 6.07) is 0.264. The van der Waals surface area contributed by atoms with Gasteiger partial charge in [-0.1, -0.05) is 13.8 Å². The van der Waals surface area contributed by atoms with Crippen molar-refractivity contribution in [2.24, 2.45) is 0 Å². The lowest BCUT2D eigenvalue weighted by Crippen LogP contribution is -2.37. The average Bonchev–Trinajstić information content (AvgIpc) is 2.57. The Kier molecular flexibility index (Phi) is 4.75. The number of sulfonamides is 1. The summed E-state index contributed by atoms with van der Waals surface area (Å²) in [5.41, 5.74) is 1.92. The number of aromatic nitrogens is 2. The van der Waals surface area contributed by atoms with E-state index in [0.29, 0.717) is 17.9 Å². The standard InChI is InChI=1S/C11H22N4O2S/c1-7(2)12-6-8(3)18(16,17)15-11-9(4)13-14-10(11)5/h7-8,12,15H,6H2,1-5H3,(H,13,14). The van der Waals surface area contributed by atoms with Gasteiger partial charge in [0.05, 0.1) is 22.3 Å². The van der Waals surface area contributed by atoms with Gasteiger partial charge in [0, 0.05) is 12.6 Å². The molecule has 0 bridgehead atoms. The smallest absolute Gasteiger partial charge is 0.236 e. The number of aromatic amines is 1. The molecule has 0 amide bonds. The van der Waals surface area contributed by atoms with Crippen molar-refractivity contribution in [3.8, 4) is 0 Å². The molecule has 1 aromatic heterocycles. The number of anilines is 1. The van der Waals surface area contributed by atoms with E-state index in [2.05, 4.69) is 20.2 Å². The highest BCUT2D eigenvalue weighted by molar-refractivity contribution is 7.93. The second kappa shape index (κ2) is 5.71. The number of aryl methyl sites for hydroxylation is 2. The summed E-state index contributed by atoms with van der Waals surface area (Å²) in [6.07, 6.45) is 0. The molecular weight excluding hydrogens is 252 g/mol.